The molecule has 2 aromatic carbocycles. The number of fused-ring (bicyclic) bond motifs is 2. The fourth-order valence-electron chi connectivity index (χ4n) is 5.25. The molecule has 1 aromatic heterocycles. The molecular formula is C28H30FN3O4S. The zero-order valence-electron chi connectivity index (χ0n) is 21.4. The number of piperidine rings is 1. The van der Waals surface area contributed by atoms with Crippen LogP contribution in [0.2, 0.25) is 0 Å². The molecular weight excluding hydrogens is 493 g/mol. The Balaban J connectivity index is 1.50. The largest absolute Gasteiger partial charge is 0.468 e. The third-order valence-electron chi connectivity index (χ3n) is 7.39. The van der Waals surface area contributed by atoms with E-state index < -0.39 is 21.4 Å². The van der Waals surface area contributed by atoms with Crippen molar-refractivity contribution in [2.45, 2.75) is 43.9 Å². The molecule has 1 atom stereocenters. The van der Waals surface area contributed by atoms with Crippen molar-refractivity contribution < 1.29 is 22.3 Å². The highest BCUT2D eigenvalue weighted by Crippen LogP contribution is 2.46. The van der Waals surface area contributed by atoms with Crippen LogP contribution in [0.15, 0.2) is 65.2 Å². The molecule has 0 bridgehead atoms. The van der Waals surface area contributed by atoms with Crippen LogP contribution >= 0.6 is 0 Å². The normalized spacial score (nSPS) is 20.1. The number of ether oxygens (including phenoxy) is 1. The Morgan fingerprint density at radius 1 is 1.08 bits per heavy atom. The second-order valence-corrected chi connectivity index (χ2v) is 12.7. The minimum atomic E-state index is -3.83. The van der Waals surface area contributed by atoms with Gasteiger partial charge >= 0.3 is 5.97 Å². The average molecular weight is 524 g/mol. The molecule has 0 saturated carbocycles. The van der Waals surface area contributed by atoms with Gasteiger partial charge in [-0.05, 0) is 77.4 Å². The predicted octanol–water partition coefficient (Wildman–Crippen LogP) is 4.50. The molecule has 37 heavy (non-hydrogen) atoms. The summed E-state index contributed by atoms with van der Waals surface area (Å²) in [6.45, 7) is 6.45. The number of carbonyl (C=O) groups excluding carboxylic acids is 1. The fourth-order valence-corrected chi connectivity index (χ4v) is 6.75. The summed E-state index contributed by atoms with van der Waals surface area (Å²) in [6.07, 6.45) is 4.23. The van der Waals surface area contributed by atoms with Crippen LogP contribution in [0.1, 0.15) is 44.0 Å². The first-order valence-corrected chi connectivity index (χ1v) is 13.6. The van der Waals surface area contributed by atoms with Gasteiger partial charge in [0.15, 0.2) is 0 Å². The first kappa shape index (κ1) is 25.4. The van der Waals surface area contributed by atoms with E-state index in [0.29, 0.717) is 12.1 Å². The minimum Gasteiger partial charge on any atom is -0.468 e. The Labute approximate surface area is 216 Å². The summed E-state index contributed by atoms with van der Waals surface area (Å²) < 4.78 is 49.1. The summed E-state index contributed by atoms with van der Waals surface area (Å²) in [4.78, 5) is 13.5. The van der Waals surface area contributed by atoms with Crippen molar-refractivity contribution in [1.29, 1.82) is 0 Å². The summed E-state index contributed by atoms with van der Waals surface area (Å²) in [5.74, 6) is -0.809. The van der Waals surface area contributed by atoms with Gasteiger partial charge in [-0.2, -0.15) is 9.40 Å². The van der Waals surface area contributed by atoms with E-state index in [-0.39, 0.29) is 35.6 Å². The number of sulfonamides is 1. The zero-order valence-corrected chi connectivity index (χ0v) is 22.2. The predicted molar refractivity (Wildman–Crippen MR) is 138 cm³/mol. The summed E-state index contributed by atoms with van der Waals surface area (Å²) in [6, 6.07) is 13.0. The number of esters is 1. The molecule has 5 rings (SSSR count). The molecule has 0 amide bonds. The molecule has 0 radical (unpaired) electrons. The molecule has 194 valence electrons. The molecule has 1 aliphatic heterocycles. The number of rotatable bonds is 4. The highest BCUT2D eigenvalue weighted by atomic mass is 32.2. The minimum absolute atomic E-state index is 0.0178. The third-order valence-corrected chi connectivity index (χ3v) is 9.25. The molecule has 1 unspecified atom stereocenters. The van der Waals surface area contributed by atoms with Crippen molar-refractivity contribution in [3.63, 3.8) is 0 Å². The summed E-state index contributed by atoms with van der Waals surface area (Å²) in [5, 5.41) is 4.48. The molecule has 7 nitrogen and oxygen atoms in total. The van der Waals surface area contributed by atoms with E-state index in [2.05, 4.69) is 25.9 Å². The van der Waals surface area contributed by atoms with Crippen LogP contribution in [-0.4, -0.2) is 48.7 Å². The maximum Gasteiger partial charge on any atom is 0.317 e. The lowest BCUT2D eigenvalue weighted by molar-refractivity contribution is -0.151. The number of methoxy groups -OCH3 is 1. The lowest BCUT2D eigenvalue weighted by Crippen LogP contribution is -2.53. The SMILES string of the molecule is COC(=O)C12Cc3cnn(-c4ccc(F)cc4)c3C=C1CCN(S(=O)(=O)c1ccc(C(C)(C)C)cc1)C2. The van der Waals surface area contributed by atoms with Gasteiger partial charge in [0.2, 0.25) is 10.0 Å². The summed E-state index contributed by atoms with van der Waals surface area (Å²) in [5.41, 5.74) is 2.91. The van der Waals surface area contributed by atoms with Crippen LogP contribution in [0.3, 0.4) is 0 Å². The highest BCUT2D eigenvalue weighted by Gasteiger charge is 2.51. The maximum absolute atomic E-state index is 13.6. The zero-order chi connectivity index (χ0) is 26.6. The van der Waals surface area contributed by atoms with Crippen molar-refractivity contribution in [3.8, 4) is 5.69 Å². The van der Waals surface area contributed by atoms with Gasteiger partial charge in [0.25, 0.3) is 0 Å². The molecule has 3 aromatic rings. The van der Waals surface area contributed by atoms with Crippen molar-refractivity contribution in [2.24, 2.45) is 5.41 Å². The highest BCUT2D eigenvalue weighted by molar-refractivity contribution is 7.89. The summed E-state index contributed by atoms with van der Waals surface area (Å²) in [7, 11) is -2.51. The van der Waals surface area contributed by atoms with E-state index in [4.69, 9.17) is 4.74 Å². The molecule has 0 spiro atoms. The standard InChI is InChI=1S/C28H30FN3O4S/c1-27(2,3)20-5-11-24(12-6-20)37(34,35)31-14-13-21-15-25-19(16-28(21,18-31)26(33)36-4)17-30-32(25)23-9-7-22(29)8-10-23/h5-12,15,17H,13-14,16,18H2,1-4H3. The van der Waals surface area contributed by atoms with E-state index >= 15 is 0 Å². The second kappa shape index (κ2) is 8.92. The van der Waals surface area contributed by atoms with Crippen LogP contribution in [0, 0.1) is 11.2 Å². The van der Waals surface area contributed by atoms with E-state index in [1.807, 2.05) is 18.2 Å². The molecule has 2 heterocycles. The fraction of sp³-hybridized carbons (Fsp3) is 0.357. The van der Waals surface area contributed by atoms with Crippen LogP contribution in [0.5, 0.6) is 0 Å². The first-order chi connectivity index (χ1) is 17.5. The van der Waals surface area contributed by atoms with Gasteiger partial charge in [0.1, 0.15) is 11.2 Å². The van der Waals surface area contributed by atoms with E-state index in [9.17, 15) is 17.6 Å². The Bertz CT molecular complexity index is 1490. The van der Waals surface area contributed by atoms with Crippen molar-refractivity contribution >= 4 is 22.1 Å². The molecule has 1 saturated heterocycles. The number of hydrogen-bond donors (Lipinski definition) is 0. The number of carbonyl (C=O) groups is 1. The number of nitrogens with zero attached hydrogens (tertiary/aromatic N) is 3. The topological polar surface area (TPSA) is 81.5 Å². The lowest BCUT2D eigenvalue weighted by Gasteiger charge is -2.43. The lowest BCUT2D eigenvalue weighted by atomic mass is 9.69. The van der Waals surface area contributed by atoms with Gasteiger partial charge in [-0.1, -0.05) is 32.9 Å². The van der Waals surface area contributed by atoms with E-state index in [1.54, 1.807) is 35.1 Å². The van der Waals surface area contributed by atoms with Gasteiger partial charge in [0, 0.05) is 13.1 Å². The maximum atomic E-state index is 13.6. The molecule has 1 aliphatic carbocycles. The first-order valence-electron chi connectivity index (χ1n) is 12.2. The Morgan fingerprint density at radius 3 is 2.38 bits per heavy atom. The number of aromatic nitrogens is 2. The van der Waals surface area contributed by atoms with Crippen molar-refractivity contribution in [1.82, 2.24) is 14.1 Å². The van der Waals surface area contributed by atoms with Crippen LogP contribution in [-0.2, 0) is 31.4 Å². The Morgan fingerprint density at radius 2 is 1.76 bits per heavy atom. The Kier molecular flexibility index (Phi) is 6.11. The van der Waals surface area contributed by atoms with Gasteiger partial charge in [-0.25, -0.2) is 17.5 Å². The molecule has 2 aliphatic rings. The second-order valence-electron chi connectivity index (χ2n) is 10.7. The summed E-state index contributed by atoms with van der Waals surface area (Å²) >= 11 is 0. The van der Waals surface area contributed by atoms with Crippen LogP contribution < -0.4 is 0 Å². The van der Waals surface area contributed by atoms with Crippen molar-refractivity contribution in [3.05, 3.63) is 82.9 Å². The average Bonchev–Trinajstić information content (AvgIpc) is 3.28. The van der Waals surface area contributed by atoms with Gasteiger partial charge in [-0.3, -0.25) is 4.79 Å². The van der Waals surface area contributed by atoms with Crippen LogP contribution in [0.4, 0.5) is 4.39 Å². The molecule has 0 N–H and O–H groups in total. The van der Waals surface area contributed by atoms with Gasteiger partial charge in [0.05, 0.1) is 29.6 Å². The van der Waals surface area contributed by atoms with Gasteiger partial charge in [-0.15, -0.1) is 0 Å². The smallest absolute Gasteiger partial charge is 0.317 e. The molecule has 1 fully saturated rings. The third kappa shape index (κ3) is 4.30. The van der Waals surface area contributed by atoms with Gasteiger partial charge < -0.3 is 4.74 Å². The number of halogens is 1. The van der Waals surface area contributed by atoms with E-state index in [1.165, 1.54) is 23.5 Å². The number of benzene rings is 2. The molecule has 9 heteroatoms. The van der Waals surface area contributed by atoms with Crippen molar-refractivity contribution in [2.75, 3.05) is 20.2 Å². The van der Waals surface area contributed by atoms with Crippen LogP contribution in [0.25, 0.3) is 11.8 Å². The van der Waals surface area contributed by atoms with E-state index in [0.717, 1.165) is 22.4 Å². The monoisotopic (exact) mass is 523 g/mol. The Hall–Kier alpha value is -3.30. The quantitative estimate of drug-likeness (QED) is 0.471. The number of hydrogen-bond acceptors (Lipinski definition) is 5.